The van der Waals surface area contributed by atoms with Crippen LogP contribution < -0.4 is 0 Å². The Balaban J connectivity index is 1.94. The fourth-order valence-corrected chi connectivity index (χ4v) is 2.72. The van der Waals surface area contributed by atoms with Gasteiger partial charge in [0, 0.05) is 25.7 Å². The number of nitrogens with zero attached hydrogens (tertiary/aromatic N) is 2. The summed E-state index contributed by atoms with van der Waals surface area (Å²) in [5, 5.41) is 9.32. The van der Waals surface area contributed by atoms with Crippen molar-refractivity contribution in [2.45, 2.75) is 38.4 Å². The van der Waals surface area contributed by atoms with Gasteiger partial charge in [0.2, 0.25) is 0 Å². The number of aliphatic carboxylic acids is 1. The number of hydrogen-bond acceptors (Lipinski definition) is 3. The van der Waals surface area contributed by atoms with Crippen LogP contribution in [-0.2, 0) is 11.3 Å². The molecule has 20 heavy (non-hydrogen) atoms. The van der Waals surface area contributed by atoms with Gasteiger partial charge >= 0.3 is 5.97 Å². The Bertz CT molecular complexity index is 459. The molecule has 0 radical (unpaired) electrons. The Morgan fingerprint density at radius 3 is 2.65 bits per heavy atom. The number of hydrogen-bond donors (Lipinski definition) is 1. The van der Waals surface area contributed by atoms with E-state index in [9.17, 15) is 9.90 Å². The maximum absolute atomic E-state index is 11.3. The molecule has 2 rings (SSSR count). The predicted octanol–water partition coefficient (Wildman–Crippen LogP) is 2.06. The topological polar surface area (TPSA) is 43.8 Å². The molecule has 4 nitrogen and oxygen atoms in total. The van der Waals surface area contributed by atoms with Crippen molar-refractivity contribution < 1.29 is 9.90 Å². The first-order valence-electron chi connectivity index (χ1n) is 7.14. The summed E-state index contributed by atoms with van der Waals surface area (Å²) in [6, 6.07) is 10.7. The normalized spacial score (nSPS) is 20.5. The lowest BCUT2D eigenvalue weighted by molar-refractivity contribution is -0.149. The van der Waals surface area contributed by atoms with E-state index in [1.54, 1.807) is 13.8 Å². The Kier molecular flexibility index (Phi) is 4.45. The number of rotatable bonds is 5. The molecule has 1 heterocycles. The fraction of sp³-hybridized carbons (Fsp3) is 0.562. The Morgan fingerprint density at radius 2 is 2.05 bits per heavy atom. The highest BCUT2D eigenvalue weighted by Gasteiger charge is 2.38. The summed E-state index contributed by atoms with van der Waals surface area (Å²) in [6.45, 7) is 6.45. The minimum atomic E-state index is -0.812. The zero-order valence-corrected chi connectivity index (χ0v) is 12.5. The van der Waals surface area contributed by atoms with Crippen LogP contribution in [0.5, 0.6) is 0 Å². The summed E-state index contributed by atoms with van der Waals surface area (Å²) in [5.74, 6) is -0.762. The summed E-state index contributed by atoms with van der Waals surface area (Å²) < 4.78 is 0. The lowest BCUT2D eigenvalue weighted by Crippen LogP contribution is -2.53. The zero-order valence-electron chi connectivity index (χ0n) is 12.5. The summed E-state index contributed by atoms with van der Waals surface area (Å²) >= 11 is 0. The molecule has 0 bridgehead atoms. The quantitative estimate of drug-likeness (QED) is 0.894. The first kappa shape index (κ1) is 15.0. The minimum Gasteiger partial charge on any atom is -0.480 e. The molecular formula is C16H24N2O2. The third-order valence-corrected chi connectivity index (χ3v) is 4.45. The maximum Gasteiger partial charge on any atom is 0.323 e. The van der Waals surface area contributed by atoms with Crippen molar-refractivity contribution in [1.29, 1.82) is 0 Å². The van der Waals surface area contributed by atoms with E-state index < -0.39 is 11.5 Å². The average molecular weight is 276 g/mol. The van der Waals surface area contributed by atoms with Crippen molar-refractivity contribution in [1.82, 2.24) is 9.80 Å². The Labute approximate surface area is 121 Å². The van der Waals surface area contributed by atoms with Crippen LogP contribution in [0, 0.1) is 0 Å². The molecule has 0 amide bonds. The van der Waals surface area contributed by atoms with Gasteiger partial charge in [-0.1, -0.05) is 30.3 Å². The van der Waals surface area contributed by atoms with E-state index in [4.69, 9.17) is 0 Å². The molecule has 0 saturated carbocycles. The summed E-state index contributed by atoms with van der Waals surface area (Å²) in [7, 11) is 1.92. The highest BCUT2D eigenvalue weighted by atomic mass is 16.4. The lowest BCUT2D eigenvalue weighted by Gasteiger charge is -2.36. The van der Waals surface area contributed by atoms with Crippen molar-refractivity contribution in [3.05, 3.63) is 35.9 Å². The summed E-state index contributed by atoms with van der Waals surface area (Å²) in [6.07, 6.45) is 1.03. The van der Waals surface area contributed by atoms with Gasteiger partial charge in [0.15, 0.2) is 0 Å². The van der Waals surface area contributed by atoms with Gasteiger partial charge < -0.3 is 5.11 Å². The first-order chi connectivity index (χ1) is 9.41. The third kappa shape index (κ3) is 3.19. The smallest absolute Gasteiger partial charge is 0.323 e. The van der Waals surface area contributed by atoms with Gasteiger partial charge in [-0.2, -0.15) is 0 Å². The molecule has 0 aliphatic carbocycles. The predicted molar refractivity (Wildman–Crippen MR) is 79.6 cm³/mol. The largest absolute Gasteiger partial charge is 0.480 e. The number of likely N-dealkylation sites (tertiary alicyclic amines) is 1. The first-order valence-corrected chi connectivity index (χ1v) is 7.14. The molecule has 1 fully saturated rings. The van der Waals surface area contributed by atoms with Crippen molar-refractivity contribution in [3.8, 4) is 0 Å². The van der Waals surface area contributed by atoms with Crippen LogP contribution in [0.4, 0.5) is 0 Å². The van der Waals surface area contributed by atoms with Gasteiger partial charge in [0.05, 0.1) is 0 Å². The molecule has 0 spiro atoms. The number of likely N-dealkylation sites (N-methyl/N-ethyl adjacent to an activating group) is 1. The monoisotopic (exact) mass is 276 g/mol. The van der Waals surface area contributed by atoms with Crippen LogP contribution in [0.3, 0.4) is 0 Å². The molecule has 0 aromatic heterocycles. The van der Waals surface area contributed by atoms with Gasteiger partial charge in [-0.05, 0) is 32.9 Å². The van der Waals surface area contributed by atoms with Gasteiger partial charge in [0.25, 0.3) is 0 Å². The highest BCUT2D eigenvalue weighted by molar-refractivity contribution is 5.77. The summed E-state index contributed by atoms with van der Waals surface area (Å²) in [5.41, 5.74) is 0.501. The molecule has 1 aliphatic rings. The molecular weight excluding hydrogens is 252 g/mol. The molecule has 1 aliphatic heterocycles. The molecule has 110 valence electrons. The van der Waals surface area contributed by atoms with Crippen molar-refractivity contribution in [2.75, 3.05) is 20.1 Å². The lowest BCUT2D eigenvalue weighted by atomic mass is 10.0. The number of carbonyl (C=O) groups is 1. The number of carboxylic acid groups (broad SMARTS) is 1. The van der Waals surface area contributed by atoms with Gasteiger partial charge in [-0.3, -0.25) is 14.6 Å². The SMILES string of the molecule is CN(C1CCN(Cc2ccccc2)C1)C(C)(C)C(=O)O. The van der Waals surface area contributed by atoms with E-state index >= 15 is 0 Å². The van der Waals surface area contributed by atoms with Crippen LogP contribution in [-0.4, -0.2) is 52.6 Å². The standard InChI is InChI=1S/C16H24N2O2/c1-16(2,15(19)20)17(3)14-9-10-18(12-14)11-13-7-5-4-6-8-13/h4-8,14H,9-12H2,1-3H3,(H,19,20). The van der Waals surface area contributed by atoms with E-state index in [1.807, 2.05) is 18.0 Å². The summed E-state index contributed by atoms with van der Waals surface area (Å²) in [4.78, 5) is 15.7. The second-order valence-corrected chi connectivity index (χ2v) is 6.14. The molecule has 1 unspecified atom stereocenters. The van der Waals surface area contributed by atoms with Crippen LogP contribution in [0.2, 0.25) is 0 Å². The van der Waals surface area contributed by atoms with E-state index in [0.29, 0.717) is 6.04 Å². The average Bonchev–Trinajstić information content (AvgIpc) is 2.87. The Hall–Kier alpha value is -1.39. The van der Waals surface area contributed by atoms with Crippen molar-refractivity contribution in [2.24, 2.45) is 0 Å². The van der Waals surface area contributed by atoms with Crippen molar-refractivity contribution >= 4 is 5.97 Å². The molecule has 1 N–H and O–H groups in total. The second-order valence-electron chi connectivity index (χ2n) is 6.14. The molecule has 4 heteroatoms. The molecule has 1 atom stereocenters. The van der Waals surface area contributed by atoms with Crippen LogP contribution in [0.25, 0.3) is 0 Å². The van der Waals surface area contributed by atoms with Crippen LogP contribution in [0.1, 0.15) is 25.8 Å². The van der Waals surface area contributed by atoms with Crippen LogP contribution in [0.15, 0.2) is 30.3 Å². The van der Waals surface area contributed by atoms with Crippen molar-refractivity contribution in [3.63, 3.8) is 0 Å². The molecule has 1 saturated heterocycles. The third-order valence-electron chi connectivity index (χ3n) is 4.45. The number of carboxylic acids is 1. The second kappa shape index (κ2) is 5.94. The van der Waals surface area contributed by atoms with Gasteiger partial charge in [-0.15, -0.1) is 0 Å². The van der Waals surface area contributed by atoms with Crippen LogP contribution >= 0.6 is 0 Å². The van der Waals surface area contributed by atoms with E-state index in [1.165, 1.54) is 5.56 Å². The number of benzene rings is 1. The minimum absolute atomic E-state index is 0.310. The van der Waals surface area contributed by atoms with E-state index in [0.717, 1.165) is 26.1 Å². The van der Waals surface area contributed by atoms with Gasteiger partial charge in [-0.25, -0.2) is 0 Å². The van der Waals surface area contributed by atoms with E-state index in [2.05, 4.69) is 29.2 Å². The molecule has 1 aromatic rings. The fourth-order valence-electron chi connectivity index (χ4n) is 2.72. The Morgan fingerprint density at radius 1 is 1.40 bits per heavy atom. The van der Waals surface area contributed by atoms with Gasteiger partial charge in [0.1, 0.15) is 5.54 Å². The maximum atomic E-state index is 11.3. The highest BCUT2D eigenvalue weighted by Crippen LogP contribution is 2.23. The zero-order chi connectivity index (χ0) is 14.8. The molecule has 1 aromatic carbocycles. The van der Waals surface area contributed by atoms with E-state index in [-0.39, 0.29) is 0 Å².